The summed E-state index contributed by atoms with van der Waals surface area (Å²) in [5, 5.41) is 22.3. The van der Waals surface area contributed by atoms with Crippen LogP contribution in [0.25, 0.3) is 11.1 Å². The van der Waals surface area contributed by atoms with Gasteiger partial charge in [0, 0.05) is 5.92 Å². The highest BCUT2D eigenvalue weighted by atomic mass is 16.3. The lowest BCUT2D eigenvalue weighted by atomic mass is 9.52. The summed E-state index contributed by atoms with van der Waals surface area (Å²) >= 11 is 0. The first-order valence-electron chi connectivity index (χ1n) is 12.2. The van der Waals surface area contributed by atoms with Gasteiger partial charge in [-0.3, -0.25) is 28.9 Å². The molecule has 0 radical (unpaired) electrons. The zero-order chi connectivity index (χ0) is 27.0. The van der Waals surface area contributed by atoms with Gasteiger partial charge in [0.2, 0.25) is 5.91 Å². The van der Waals surface area contributed by atoms with Crippen molar-refractivity contribution >= 4 is 29.0 Å². The predicted molar refractivity (Wildman–Crippen MR) is 132 cm³/mol. The molecule has 37 heavy (non-hydrogen) atoms. The van der Waals surface area contributed by atoms with Crippen molar-refractivity contribution < 1.29 is 34.2 Å². The molecule has 2 fully saturated rings. The van der Waals surface area contributed by atoms with Crippen LogP contribution in [0, 0.1) is 30.6 Å². The van der Waals surface area contributed by atoms with Crippen LogP contribution in [0.5, 0.6) is 5.75 Å². The van der Waals surface area contributed by atoms with Gasteiger partial charge in [0.25, 0.3) is 0 Å². The summed E-state index contributed by atoms with van der Waals surface area (Å²) in [6.07, 6.45) is 0.246. The Balaban J connectivity index is 1.67. The number of rotatable bonds is 3. The molecule has 2 aromatic carbocycles. The molecule has 3 aliphatic rings. The number of primary amides is 1. The maximum absolute atomic E-state index is 13.8. The number of phenolic OH excluding ortho intramolecular Hbond substituents is 1. The highest BCUT2D eigenvalue weighted by Crippen LogP contribution is 2.51. The predicted octanol–water partition coefficient (Wildman–Crippen LogP) is 0.842. The number of aromatic hydroxyl groups is 1. The minimum absolute atomic E-state index is 0.00870. The van der Waals surface area contributed by atoms with E-state index in [0.717, 1.165) is 16.7 Å². The Bertz CT molecular complexity index is 1400. The third-order valence-electron chi connectivity index (χ3n) is 8.27. The van der Waals surface area contributed by atoms with Crippen molar-refractivity contribution in [2.45, 2.75) is 31.4 Å². The van der Waals surface area contributed by atoms with Crippen molar-refractivity contribution in [2.24, 2.45) is 29.4 Å². The van der Waals surface area contributed by atoms with Crippen LogP contribution < -0.4 is 5.73 Å². The van der Waals surface area contributed by atoms with Gasteiger partial charge in [-0.15, -0.1) is 0 Å². The van der Waals surface area contributed by atoms with Crippen LogP contribution in [0.2, 0.25) is 0 Å². The molecule has 9 heteroatoms. The van der Waals surface area contributed by atoms with Crippen molar-refractivity contribution in [3.8, 4) is 16.9 Å². The fraction of sp³-hybridized carbons (Fsp3) is 0.393. The number of nitrogens with zero attached hydrogens (tertiary/aromatic N) is 1. The van der Waals surface area contributed by atoms with Gasteiger partial charge in [-0.2, -0.15) is 0 Å². The topological polar surface area (TPSA) is 155 Å². The molecule has 0 aromatic heterocycles. The molecule has 9 nitrogen and oxygen atoms in total. The average molecular weight is 505 g/mol. The minimum Gasteiger partial charge on any atom is -0.507 e. The van der Waals surface area contributed by atoms with E-state index in [1.807, 2.05) is 31.2 Å². The Hall–Kier alpha value is -3.69. The molecule has 2 saturated carbocycles. The minimum atomic E-state index is -2.72. The van der Waals surface area contributed by atoms with Crippen LogP contribution in [0.1, 0.15) is 27.9 Å². The van der Waals surface area contributed by atoms with Gasteiger partial charge in [-0.25, -0.2) is 0 Å². The second kappa shape index (κ2) is 8.43. The first kappa shape index (κ1) is 25.0. The lowest BCUT2D eigenvalue weighted by molar-refractivity contribution is -0.181. The van der Waals surface area contributed by atoms with E-state index in [1.54, 1.807) is 20.2 Å². The maximum atomic E-state index is 13.8. The summed E-state index contributed by atoms with van der Waals surface area (Å²) < 4.78 is 0. The molecule has 2 aromatic rings. The molecule has 0 aliphatic heterocycles. The molecule has 192 valence electrons. The van der Waals surface area contributed by atoms with Crippen LogP contribution in [-0.2, 0) is 25.6 Å². The maximum Gasteiger partial charge on any atom is 0.235 e. The number of likely N-dealkylation sites (N-methyl/N-ethyl adjacent to an activating group) is 1. The molecular weight excluding hydrogens is 476 g/mol. The van der Waals surface area contributed by atoms with Gasteiger partial charge < -0.3 is 15.9 Å². The van der Waals surface area contributed by atoms with E-state index in [9.17, 15) is 34.2 Å². The number of hydrogen-bond donors (Lipinski definition) is 3. The molecule has 0 spiro atoms. The first-order valence-corrected chi connectivity index (χ1v) is 12.2. The lowest BCUT2D eigenvalue weighted by Crippen LogP contribution is -2.74. The van der Waals surface area contributed by atoms with Crippen molar-refractivity contribution in [3.05, 3.63) is 53.1 Å². The van der Waals surface area contributed by atoms with E-state index in [1.165, 1.54) is 11.0 Å². The summed E-state index contributed by atoms with van der Waals surface area (Å²) in [4.78, 5) is 67.6. The van der Waals surface area contributed by atoms with Crippen LogP contribution in [-0.4, -0.2) is 69.9 Å². The van der Waals surface area contributed by atoms with Gasteiger partial charge in [-0.1, -0.05) is 35.9 Å². The fourth-order valence-electron chi connectivity index (χ4n) is 6.69. The van der Waals surface area contributed by atoms with Crippen LogP contribution >= 0.6 is 0 Å². The number of phenols is 1. The summed E-state index contributed by atoms with van der Waals surface area (Å²) in [7, 11) is 3.12. The smallest absolute Gasteiger partial charge is 0.235 e. The Morgan fingerprint density at radius 3 is 2.41 bits per heavy atom. The fourth-order valence-corrected chi connectivity index (χ4v) is 6.69. The third-order valence-corrected chi connectivity index (χ3v) is 8.27. The SMILES string of the molecule is Cc1cccc(-c2ccc(O)c3c2C[C@@H]2C[C@@H]4[C@@H](N(C)C)C(=O)C(C(N)=O)C(=O)[C@]4(O)C(=O)C2C3=O)c1. The van der Waals surface area contributed by atoms with Crippen LogP contribution in [0.4, 0.5) is 0 Å². The summed E-state index contributed by atoms with van der Waals surface area (Å²) in [6, 6.07) is 9.68. The molecule has 2 unspecified atom stereocenters. The number of ketones is 4. The van der Waals surface area contributed by atoms with E-state index < -0.39 is 64.4 Å². The number of Topliss-reactive ketones (excluding diaryl/α,β-unsaturated/α-hetero) is 4. The molecule has 3 aliphatic carbocycles. The van der Waals surface area contributed by atoms with Gasteiger partial charge >= 0.3 is 0 Å². The summed E-state index contributed by atoms with van der Waals surface area (Å²) in [5.41, 5.74) is 5.79. The number of aliphatic hydroxyl groups is 1. The van der Waals surface area contributed by atoms with Crippen molar-refractivity contribution in [3.63, 3.8) is 0 Å². The Kier molecular flexibility index (Phi) is 5.69. The molecule has 1 amide bonds. The standard InChI is InChI=1S/C28H28N2O7/c1-12-5-4-6-13(9-12)15-7-8-18(31)20-16(15)10-14-11-17-22(30(2)3)24(33)21(27(29)36)26(35)28(17,37)25(34)19(14)23(20)32/h4-9,14,17,19,21-22,31,37H,10-11H2,1-3H3,(H2,29,36)/t14-,17-,19?,21?,22-,28-/m1/s1. The quantitative estimate of drug-likeness (QED) is 0.520. The van der Waals surface area contributed by atoms with Gasteiger partial charge in [0.15, 0.2) is 34.7 Å². The van der Waals surface area contributed by atoms with Gasteiger partial charge in [-0.05, 0) is 62.5 Å². The molecule has 6 atom stereocenters. The highest BCUT2D eigenvalue weighted by molar-refractivity contribution is 6.32. The van der Waals surface area contributed by atoms with Crippen molar-refractivity contribution in [1.82, 2.24) is 4.90 Å². The number of hydrogen-bond acceptors (Lipinski definition) is 8. The normalized spacial score (nSPS) is 31.1. The summed E-state index contributed by atoms with van der Waals surface area (Å²) in [6.45, 7) is 1.94. The van der Waals surface area contributed by atoms with Crippen LogP contribution in [0.15, 0.2) is 36.4 Å². The van der Waals surface area contributed by atoms with E-state index in [0.29, 0.717) is 5.56 Å². The van der Waals surface area contributed by atoms with Crippen molar-refractivity contribution in [1.29, 1.82) is 0 Å². The number of carbonyl (C=O) groups excluding carboxylic acids is 5. The van der Waals surface area contributed by atoms with Gasteiger partial charge in [0.05, 0.1) is 17.5 Å². The molecule has 4 N–H and O–H groups in total. The number of carbonyl (C=O) groups is 5. The zero-order valence-electron chi connectivity index (χ0n) is 20.7. The van der Waals surface area contributed by atoms with E-state index >= 15 is 0 Å². The molecular formula is C28H28N2O7. The Morgan fingerprint density at radius 1 is 1.08 bits per heavy atom. The van der Waals surface area contributed by atoms with Crippen LogP contribution in [0.3, 0.4) is 0 Å². The number of aryl methyl sites for hydroxylation is 1. The second-order valence-corrected chi connectivity index (χ2v) is 10.6. The Labute approximate surface area is 213 Å². The van der Waals surface area contributed by atoms with E-state index in [2.05, 4.69) is 0 Å². The molecule has 0 saturated heterocycles. The summed E-state index contributed by atoms with van der Waals surface area (Å²) in [5.74, 6) is -10.4. The van der Waals surface area contributed by atoms with Crippen molar-refractivity contribution in [2.75, 3.05) is 14.1 Å². The largest absolute Gasteiger partial charge is 0.507 e. The number of benzene rings is 2. The molecule has 0 bridgehead atoms. The number of nitrogens with two attached hydrogens (primary N) is 1. The molecule has 5 rings (SSSR count). The van der Waals surface area contributed by atoms with Gasteiger partial charge in [0.1, 0.15) is 5.75 Å². The first-order chi connectivity index (χ1) is 17.4. The third kappa shape index (κ3) is 3.41. The second-order valence-electron chi connectivity index (χ2n) is 10.6. The average Bonchev–Trinajstić information content (AvgIpc) is 2.81. The van der Waals surface area contributed by atoms with E-state index in [-0.39, 0.29) is 24.2 Å². The highest BCUT2D eigenvalue weighted by Gasteiger charge is 2.69. The monoisotopic (exact) mass is 504 g/mol. The Morgan fingerprint density at radius 2 is 1.78 bits per heavy atom. The number of amides is 1. The number of fused-ring (bicyclic) bond motifs is 3. The zero-order valence-corrected chi connectivity index (χ0v) is 20.7. The lowest BCUT2D eigenvalue weighted by Gasteiger charge is -2.52. The molecule has 0 heterocycles. The van der Waals surface area contributed by atoms with E-state index in [4.69, 9.17) is 5.73 Å².